The fourth-order valence-corrected chi connectivity index (χ4v) is 1.12. The van der Waals surface area contributed by atoms with Crippen molar-refractivity contribution in [3.05, 3.63) is 0 Å². The summed E-state index contributed by atoms with van der Waals surface area (Å²) in [6.45, 7) is 4.46. The van der Waals surface area contributed by atoms with Gasteiger partial charge in [0.15, 0.2) is 0 Å². The Morgan fingerprint density at radius 2 is 2.17 bits per heavy atom. The summed E-state index contributed by atoms with van der Waals surface area (Å²) in [6, 6.07) is 0. The average Bonchev–Trinajstić information content (AvgIpc) is 1.98. The van der Waals surface area contributed by atoms with Crippen molar-refractivity contribution in [3.8, 4) is 0 Å². The van der Waals surface area contributed by atoms with Crippen LogP contribution in [0.1, 0.15) is 6.92 Å². The van der Waals surface area contributed by atoms with Crippen LogP contribution in [0.4, 0.5) is 0 Å². The fourth-order valence-electron chi connectivity index (χ4n) is 1.12. The van der Waals surface area contributed by atoms with Crippen LogP contribution in [0.25, 0.3) is 0 Å². The molecule has 12 heavy (non-hydrogen) atoms. The van der Waals surface area contributed by atoms with E-state index < -0.39 is 6.10 Å². The fraction of sp³-hybridized carbons (Fsp3) is 1.00. The average molecular weight is 175 g/mol. The summed E-state index contributed by atoms with van der Waals surface area (Å²) in [5.74, 6) is 0. The highest BCUT2D eigenvalue weighted by molar-refractivity contribution is 4.90. The van der Waals surface area contributed by atoms with Crippen LogP contribution in [0.2, 0.25) is 0 Å². The highest BCUT2D eigenvalue weighted by Crippen LogP contribution is 2.15. The van der Waals surface area contributed by atoms with E-state index >= 15 is 0 Å². The minimum Gasteiger partial charge on any atom is -0.388 e. The number of methoxy groups -OCH3 is 1. The molecule has 1 saturated heterocycles. The predicted molar refractivity (Wildman–Crippen MR) is 45.1 cm³/mol. The Morgan fingerprint density at radius 3 is 2.58 bits per heavy atom. The maximum atomic E-state index is 9.26. The highest BCUT2D eigenvalue weighted by atomic mass is 16.5. The third-order valence-electron chi connectivity index (χ3n) is 1.98. The minimum atomic E-state index is -0.507. The molecule has 1 aliphatic rings. The molecular formula is C8H17NO3. The van der Waals surface area contributed by atoms with E-state index in [0.29, 0.717) is 13.2 Å². The van der Waals surface area contributed by atoms with Gasteiger partial charge in [-0.2, -0.15) is 0 Å². The largest absolute Gasteiger partial charge is 0.388 e. The van der Waals surface area contributed by atoms with Gasteiger partial charge in [0, 0.05) is 20.2 Å². The van der Waals surface area contributed by atoms with E-state index in [-0.39, 0.29) is 5.60 Å². The number of aliphatic hydroxyl groups is 1. The molecular weight excluding hydrogens is 158 g/mol. The Balaban J connectivity index is 2.07. The van der Waals surface area contributed by atoms with E-state index in [1.165, 1.54) is 0 Å². The molecule has 0 bridgehead atoms. The lowest BCUT2D eigenvalue weighted by Gasteiger charge is -2.39. The maximum Gasteiger partial charge on any atom is 0.101 e. The molecule has 72 valence electrons. The smallest absolute Gasteiger partial charge is 0.101 e. The van der Waals surface area contributed by atoms with Gasteiger partial charge in [0.05, 0.1) is 18.8 Å². The van der Waals surface area contributed by atoms with Crippen LogP contribution in [0, 0.1) is 0 Å². The summed E-state index contributed by atoms with van der Waals surface area (Å²) < 4.78 is 10.3. The number of hydrogen-bond acceptors (Lipinski definition) is 4. The Bertz CT molecular complexity index is 136. The lowest BCUT2D eigenvalue weighted by molar-refractivity contribution is -0.106. The first-order valence-corrected chi connectivity index (χ1v) is 4.18. The van der Waals surface area contributed by atoms with Crippen molar-refractivity contribution in [1.29, 1.82) is 0 Å². The summed E-state index contributed by atoms with van der Waals surface area (Å²) in [5, 5.41) is 12.4. The molecule has 4 heteroatoms. The number of rotatable bonds is 5. The van der Waals surface area contributed by atoms with Crippen LogP contribution in [-0.2, 0) is 9.47 Å². The van der Waals surface area contributed by atoms with Crippen LogP contribution < -0.4 is 5.32 Å². The monoisotopic (exact) mass is 175 g/mol. The molecule has 1 unspecified atom stereocenters. The van der Waals surface area contributed by atoms with Crippen LogP contribution in [0.5, 0.6) is 0 Å². The Morgan fingerprint density at radius 1 is 1.50 bits per heavy atom. The van der Waals surface area contributed by atoms with Crippen LogP contribution in [0.15, 0.2) is 0 Å². The van der Waals surface area contributed by atoms with Crippen LogP contribution in [0.3, 0.4) is 0 Å². The van der Waals surface area contributed by atoms with Gasteiger partial charge in [0.1, 0.15) is 6.10 Å². The molecule has 0 aliphatic carbocycles. The highest BCUT2D eigenvalue weighted by Gasteiger charge is 2.32. The maximum absolute atomic E-state index is 9.26. The topological polar surface area (TPSA) is 50.7 Å². The second-order valence-corrected chi connectivity index (χ2v) is 3.47. The van der Waals surface area contributed by atoms with Gasteiger partial charge in [-0.25, -0.2) is 0 Å². The summed E-state index contributed by atoms with van der Waals surface area (Å²) in [4.78, 5) is 0. The Hall–Kier alpha value is -0.160. The normalized spacial score (nSPS) is 23.2. The summed E-state index contributed by atoms with van der Waals surface area (Å²) >= 11 is 0. The number of aliphatic hydroxyl groups excluding tert-OH is 1. The van der Waals surface area contributed by atoms with Crippen molar-refractivity contribution in [3.63, 3.8) is 0 Å². The first-order chi connectivity index (χ1) is 5.66. The number of ether oxygens (including phenoxy) is 2. The lowest BCUT2D eigenvalue weighted by Crippen LogP contribution is -2.59. The second-order valence-electron chi connectivity index (χ2n) is 3.47. The molecule has 2 N–H and O–H groups in total. The number of hydrogen-bond donors (Lipinski definition) is 2. The van der Waals surface area contributed by atoms with Crippen molar-refractivity contribution in [2.75, 3.05) is 33.4 Å². The van der Waals surface area contributed by atoms with Gasteiger partial charge in [-0.3, -0.25) is 0 Å². The van der Waals surface area contributed by atoms with E-state index in [2.05, 4.69) is 5.32 Å². The van der Waals surface area contributed by atoms with Crippen molar-refractivity contribution < 1.29 is 14.6 Å². The van der Waals surface area contributed by atoms with Gasteiger partial charge in [0.25, 0.3) is 0 Å². The third-order valence-corrected chi connectivity index (χ3v) is 1.98. The lowest BCUT2D eigenvalue weighted by atomic mass is 10.0. The summed E-state index contributed by atoms with van der Waals surface area (Å²) in [7, 11) is 1.57. The Kier molecular flexibility index (Phi) is 3.46. The molecule has 0 saturated carbocycles. The predicted octanol–water partition coefficient (Wildman–Crippen LogP) is -0.628. The molecule has 1 atom stereocenters. The first-order valence-electron chi connectivity index (χ1n) is 4.18. The van der Waals surface area contributed by atoms with E-state index in [4.69, 9.17) is 9.47 Å². The zero-order valence-corrected chi connectivity index (χ0v) is 7.67. The van der Waals surface area contributed by atoms with E-state index in [0.717, 1.165) is 13.1 Å². The zero-order chi connectivity index (χ0) is 9.03. The second kappa shape index (κ2) is 4.18. The van der Waals surface area contributed by atoms with E-state index in [1.54, 1.807) is 7.11 Å². The van der Waals surface area contributed by atoms with Gasteiger partial charge < -0.3 is 19.9 Å². The van der Waals surface area contributed by atoms with E-state index in [1.807, 2.05) is 6.92 Å². The van der Waals surface area contributed by atoms with Gasteiger partial charge in [0.2, 0.25) is 0 Å². The van der Waals surface area contributed by atoms with E-state index in [9.17, 15) is 5.11 Å². The molecule has 4 nitrogen and oxygen atoms in total. The molecule has 0 amide bonds. The molecule has 1 heterocycles. The first kappa shape index (κ1) is 9.92. The van der Waals surface area contributed by atoms with Crippen LogP contribution in [-0.4, -0.2) is 50.2 Å². The SMILES string of the molecule is COCC(O)COC1(C)CNC1. The minimum absolute atomic E-state index is 0.0747. The third kappa shape index (κ3) is 2.71. The van der Waals surface area contributed by atoms with Crippen molar-refractivity contribution in [2.45, 2.75) is 18.6 Å². The zero-order valence-electron chi connectivity index (χ0n) is 7.67. The van der Waals surface area contributed by atoms with Gasteiger partial charge in [-0.1, -0.05) is 0 Å². The van der Waals surface area contributed by atoms with Gasteiger partial charge >= 0.3 is 0 Å². The molecule has 0 radical (unpaired) electrons. The van der Waals surface area contributed by atoms with Crippen LogP contribution >= 0.6 is 0 Å². The quantitative estimate of drug-likeness (QED) is 0.584. The standard InChI is InChI=1S/C8H17NO3/c1-8(5-9-6-8)12-4-7(10)3-11-2/h7,9-10H,3-6H2,1-2H3. The molecule has 0 spiro atoms. The molecule has 0 aromatic rings. The summed E-state index contributed by atoms with van der Waals surface area (Å²) in [6.07, 6.45) is -0.507. The van der Waals surface area contributed by atoms with Crippen molar-refractivity contribution in [2.24, 2.45) is 0 Å². The van der Waals surface area contributed by atoms with Gasteiger partial charge in [-0.15, -0.1) is 0 Å². The summed E-state index contributed by atoms with van der Waals surface area (Å²) in [5.41, 5.74) is -0.0747. The number of nitrogens with one attached hydrogen (secondary N) is 1. The Labute approximate surface area is 72.9 Å². The van der Waals surface area contributed by atoms with Crippen molar-refractivity contribution >= 4 is 0 Å². The molecule has 1 aliphatic heterocycles. The molecule has 0 aromatic carbocycles. The molecule has 0 aromatic heterocycles. The van der Waals surface area contributed by atoms with Gasteiger partial charge in [-0.05, 0) is 6.92 Å². The van der Waals surface area contributed by atoms with Crippen molar-refractivity contribution in [1.82, 2.24) is 5.32 Å². The molecule has 1 rings (SSSR count). The molecule has 1 fully saturated rings.